The average Bonchev–Trinajstić information content (AvgIpc) is 3.13. The summed E-state index contributed by atoms with van der Waals surface area (Å²) in [6.07, 6.45) is 1.79. The van der Waals surface area contributed by atoms with Gasteiger partial charge in [0.25, 0.3) is 5.91 Å². The van der Waals surface area contributed by atoms with Gasteiger partial charge in [-0.3, -0.25) is 4.79 Å². The molecule has 31 heavy (non-hydrogen) atoms. The molecule has 6 heteroatoms. The standard InChI is InChI=1S/C25H22N2O3S/c1-3-17-27-23-21(29-4-2)11-8-12-22(23)31-25(27)26-24(28)18-13-15-20(16-14-18)30-19-9-6-5-7-10-19/h3,5-16H,1,4,17H2,2H3. The third-order valence-corrected chi connectivity index (χ3v) is 5.60. The Balaban J connectivity index is 1.66. The number of rotatable bonds is 7. The number of thiazole rings is 1. The lowest BCUT2D eigenvalue weighted by Crippen LogP contribution is -2.16. The minimum absolute atomic E-state index is 0.311. The lowest BCUT2D eigenvalue weighted by atomic mass is 10.2. The molecule has 0 atom stereocenters. The highest BCUT2D eigenvalue weighted by atomic mass is 32.1. The van der Waals surface area contributed by atoms with E-state index in [4.69, 9.17) is 9.47 Å². The van der Waals surface area contributed by atoms with E-state index in [0.717, 1.165) is 21.7 Å². The number of carbonyl (C=O) groups excluding carboxylic acids is 1. The van der Waals surface area contributed by atoms with E-state index in [2.05, 4.69) is 11.6 Å². The molecule has 0 saturated heterocycles. The number of ether oxygens (including phenoxy) is 2. The number of benzene rings is 3. The van der Waals surface area contributed by atoms with Crippen LogP contribution in [0.15, 0.2) is 90.4 Å². The van der Waals surface area contributed by atoms with E-state index in [1.807, 2.05) is 60.0 Å². The summed E-state index contributed by atoms with van der Waals surface area (Å²) in [6, 6.07) is 22.4. The average molecular weight is 431 g/mol. The highest BCUT2D eigenvalue weighted by Gasteiger charge is 2.13. The van der Waals surface area contributed by atoms with Crippen molar-refractivity contribution >= 4 is 27.5 Å². The molecule has 4 rings (SSSR count). The van der Waals surface area contributed by atoms with Gasteiger partial charge in [0.2, 0.25) is 0 Å². The van der Waals surface area contributed by atoms with E-state index in [1.165, 1.54) is 11.3 Å². The number of allylic oxidation sites excluding steroid dienone is 1. The Hall–Kier alpha value is -3.64. The van der Waals surface area contributed by atoms with Crippen LogP contribution < -0.4 is 14.3 Å². The lowest BCUT2D eigenvalue weighted by Gasteiger charge is -2.08. The fourth-order valence-electron chi connectivity index (χ4n) is 3.19. The Morgan fingerprint density at radius 3 is 2.48 bits per heavy atom. The maximum atomic E-state index is 12.9. The Morgan fingerprint density at radius 1 is 1.03 bits per heavy atom. The van der Waals surface area contributed by atoms with Crippen LogP contribution in [0.5, 0.6) is 17.2 Å². The van der Waals surface area contributed by atoms with Crippen LogP contribution >= 0.6 is 11.3 Å². The minimum Gasteiger partial charge on any atom is -0.492 e. The van der Waals surface area contributed by atoms with Crippen molar-refractivity contribution in [1.82, 2.24) is 4.57 Å². The Kier molecular flexibility index (Phi) is 6.29. The van der Waals surface area contributed by atoms with Gasteiger partial charge in [0, 0.05) is 12.1 Å². The van der Waals surface area contributed by atoms with E-state index in [-0.39, 0.29) is 5.91 Å². The number of hydrogen-bond acceptors (Lipinski definition) is 4. The van der Waals surface area contributed by atoms with E-state index >= 15 is 0 Å². The molecule has 0 radical (unpaired) electrons. The van der Waals surface area contributed by atoms with E-state index in [0.29, 0.717) is 29.3 Å². The van der Waals surface area contributed by atoms with Gasteiger partial charge in [0.15, 0.2) is 4.80 Å². The van der Waals surface area contributed by atoms with Crippen molar-refractivity contribution in [2.75, 3.05) is 6.61 Å². The van der Waals surface area contributed by atoms with Crippen LogP contribution in [0.3, 0.4) is 0 Å². The molecule has 156 valence electrons. The Bertz CT molecular complexity index is 1270. The fourth-order valence-corrected chi connectivity index (χ4v) is 4.25. The number of carbonyl (C=O) groups is 1. The molecule has 0 spiro atoms. The molecule has 3 aromatic carbocycles. The fraction of sp³-hybridized carbons (Fsp3) is 0.120. The van der Waals surface area contributed by atoms with Gasteiger partial charge in [0.1, 0.15) is 22.8 Å². The molecule has 0 N–H and O–H groups in total. The molecule has 1 aromatic heterocycles. The molecule has 0 fully saturated rings. The normalized spacial score (nSPS) is 11.5. The summed E-state index contributed by atoms with van der Waals surface area (Å²) in [4.78, 5) is 17.9. The van der Waals surface area contributed by atoms with Crippen molar-refractivity contribution in [3.05, 3.63) is 95.8 Å². The van der Waals surface area contributed by atoms with Crippen LogP contribution in [0.25, 0.3) is 10.2 Å². The molecule has 4 aromatic rings. The number of fused-ring (bicyclic) bond motifs is 1. The van der Waals surface area contributed by atoms with Gasteiger partial charge in [-0.15, -0.1) is 6.58 Å². The molecule has 5 nitrogen and oxygen atoms in total. The maximum absolute atomic E-state index is 12.9. The molecule has 0 aliphatic heterocycles. The van der Waals surface area contributed by atoms with Gasteiger partial charge in [0.05, 0.1) is 11.3 Å². The topological polar surface area (TPSA) is 52.8 Å². The molecule has 0 aliphatic carbocycles. The number of hydrogen-bond donors (Lipinski definition) is 0. The number of nitrogens with zero attached hydrogens (tertiary/aromatic N) is 2. The van der Waals surface area contributed by atoms with Crippen LogP contribution in [0, 0.1) is 0 Å². The van der Waals surface area contributed by atoms with Crippen molar-refractivity contribution in [3.8, 4) is 17.2 Å². The van der Waals surface area contributed by atoms with Gasteiger partial charge in [-0.05, 0) is 55.5 Å². The lowest BCUT2D eigenvalue weighted by molar-refractivity contribution is 0.0998. The van der Waals surface area contributed by atoms with Crippen LogP contribution in [0.1, 0.15) is 17.3 Å². The first kappa shape index (κ1) is 20.6. The van der Waals surface area contributed by atoms with Crippen molar-refractivity contribution in [1.29, 1.82) is 0 Å². The zero-order valence-corrected chi connectivity index (χ0v) is 18.0. The van der Waals surface area contributed by atoms with E-state index in [1.54, 1.807) is 30.3 Å². The van der Waals surface area contributed by atoms with Crippen molar-refractivity contribution in [2.24, 2.45) is 4.99 Å². The van der Waals surface area contributed by atoms with Crippen LogP contribution in [0.2, 0.25) is 0 Å². The second-order valence-electron chi connectivity index (χ2n) is 6.68. The summed E-state index contributed by atoms with van der Waals surface area (Å²) in [7, 11) is 0. The largest absolute Gasteiger partial charge is 0.492 e. The second-order valence-corrected chi connectivity index (χ2v) is 7.69. The van der Waals surface area contributed by atoms with Gasteiger partial charge in [-0.1, -0.05) is 41.7 Å². The van der Waals surface area contributed by atoms with Gasteiger partial charge in [-0.25, -0.2) is 0 Å². The van der Waals surface area contributed by atoms with Gasteiger partial charge >= 0.3 is 0 Å². The minimum atomic E-state index is -0.311. The molecule has 1 heterocycles. The Morgan fingerprint density at radius 2 is 1.77 bits per heavy atom. The highest BCUT2D eigenvalue weighted by molar-refractivity contribution is 7.16. The third-order valence-electron chi connectivity index (χ3n) is 4.55. The Labute approximate surface area is 184 Å². The first-order chi connectivity index (χ1) is 15.2. The number of amides is 1. The SMILES string of the molecule is C=CCn1c(=NC(=O)c2ccc(Oc3ccccc3)cc2)sc2cccc(OCC)c21. The summed E-state index contributed by atoms with van der Waals surface area (Å²) in [5.74, 6) is 1.86. The molecule has 0 saturated carbocycles. The number of aromatic nitrogens is 1. The maximum Gasteiger partial charge on any atom is 0.279 e. The molecule has 0 aliphatic rings. The molecular weight excluding hydrogens is 408 g/mol. The van der Waals surface area contributed by atoms with Crippen LogP contribution in [-0.2, 0) is 6.54 Å². The van der Waals surface area contributed by atoms with E-state index < -0.39 is 0 Å². The van der Waals surface area contributed by atoms with Gasteiger partial charge in [-0.2, -0.15) is 4.99 Å². The zero-order chi connectivity index (χ0) is 21.6. The second kappa shape index (κ2) is 9.45. The van der Waals surface area contributed by atoms with Gasteiger partial charge < -0.3 is 14.0 Å². The molecule has 1 amide bonds. The van der Waals surface area contributed by atoms with Crippen molar-refractivity contribution in [3.63, 3.8) is 0 Å². The summed E-state index contributed by atoms with van der Waals surface area (Å²) in [5, 5.41) is 0. The predicted molar refractivity (Wildman–Crippen MR) is 124 cm³/mol. The zero-order valence-electron chi connectivity index (χ0n) is 17.2. The van der Waals surface area contributed by atoms with Crippen LogP contribution in [-0.4, -0.2) is 17.1 Å². The predicted octanol–water partition coefficient (Wildman–Crippen LogP) is 5.82. The molecule has 0 unspecified atom stereocenters. The summed E-state index contributed by atoms with van der Waals surface area (Å²) in [6.45, 7) is 6.88. The summed E-state index contributed by atoms with van der Waals surface area (Å²) < 4.78 is 14.5. The van der Waals surface area contributed by atoms with Crippen LogP contribution in [0.4, 0.5) is 0 Å². The quantitative estimate of drug-likeness (QED) is 0.347. The van der Waals surface area contributed by atoms with Crippen molar-refractivity contribution in [2.45, 2.75) is 13.5 Å². The monoisotopic (exact) mass is 430 g/mol. The molecular formula is C25H22N2O3S. The van der Waals surface area contributed by atoms with Crippen molar-refractivity contribution < 1.29 is 14.3 Å². The summed E-state index contributed by atoms with van der Waals surface area (Å²) in [5.41, 5.74) is 1.42. The molecule has 0 bridgehead atoms. The first-order valence-corrected chi connectivity index (χ1v) is 10.8. The first-order valence-electron chi connectivity index (χ1n) is 9.97. The van der Waals surface area contributed by atoms with E-state index in [9.17, 15) is 4.79 Å². The smallest absolute Gasteiger partial charge is 0.279 e. The number of para-hydroxylation sites is 2. The third kappa shape index (κ3) is 4.59. The summed E-state index contributed by atoms with van der Waals surface area (Å²) >= 11 is 1.45. The highest BCUT2D eigenvalue weighted by Crippen LogP contribution is 2.28.